The van der Waals surface area contributed by atoms with E-state index in [4.69, 9.17) is 0 Å². The average Bonchev–Trinajstić information content (AvgIpc) is 3.06. The first kappa shape index (κ1) is 16.1. The molecule has 1 heteroatoms. The number of para-hydroxylation sites is 1. The minimum Gasteiger partial charge on any atom is -0.355 e. The Kier molecular flexibility index (Phi) is 3.94. The molecule has 0 aromatic heterocycles. The van der Waals surface area contributed by atoms with Crippen molar-refractivity contribution in [3.63, 3.8) is 0 Å². The molecule has 5 rings (SSSR count). The lowest BCUT2D eigenvalue weighted by Crippen LogP contribution is -1.95. The van der Waals surface area contributed by atoms with E-state index >= 15 is 0 Å². The van der Waals surface area contributed by atoms with Crippen LogP contribution in [0.1, 0.15) is 30.9 Å². The summed E-state index contributed by atoms with van der Waals surface area (Å²) >= 11 is 0. The van der Waals surface area contributed by atoms with Crippen molar-refractivity contribution in [1.82, 2.24) is 0 Å². The van der Waals surface area contributed by atoms with Gasteiger partial charge in [-0.2, -0.15) is 0 Å². The lowest BCUT2D eigenvalue weighted by Gasteiger charge is -2.15. The summed E-state index contributed by atoms with van der Waals surface area (Å²) in [6.07, 6.45) is 5.94. The largest absolute Gasteiger partial charge is 0.355 e. The second-order valence-electron chi connectivity index (χ2n) is 7.59. The molecule has 0 spiro atoms. The Hall–Kier alpha value is -3.06. The van der Waals surface area contributed by atoms with Crippen molar-refractivity contribution in [2.75, 3.05) is 5.32 Å². The molecule has 2 aliphatic carbocycles. The molecular weight excluding hydrogens is 326 g/mol. The summed E-state index contributed by atoms with van der Waals surface area (Å²) in [4.78, 5) is 0. The Labute approximate surface area is 161 Å². The molecule has 0 aliphatic heterocycles. The van der Waals surface area contributed by atoms with Crippen molar-refractivity contribution >= 4 is 16.9 Å². The number of nitrogens with one attached hydrogen (secondary N) is 1. The third-order valence-corrected chi connectivity index (χ3v) is 5.69. The van der Waals surface area contributed by atoms with E-state index in [0.29, 0.717) is 0 Å². The summed E-state index contributed by atoms with van der Waals surface area (Å²) in [5, 5.41) is 3.66. The van der Waals surface area contributed by atoms with Gasteiger partial charge in [0.05, 0.1) is 0 Å². The van der Waals surface area contributed by atoms with Gasteiger partial charge in [0.2, 0.25) is 0 Å². The summed E-state index contributed by atoms with van der Waals surface area (Å²) in [7, 11) is 0. The number of hydrogen-bond donors (Lipinski definition) is 1. The molecule has 27 heavy (non-hydrogen) atoms. The summed E-state index contributed by atoms with van der Waals surface area (Å²) in [6.45, 7) is 2.25. The van der Waals surface area contributed by atoms with E-state index in [1.807, 2.05) is 0 Å². The number of fused-ring (bicyclic) bond motifs is 2. The van der Waals surface area contributed by atoms with Crippen molar-refractivity contribution in [2.45, 2.75) is 26.2 Å². The van der Waals surface area contributed by atoms with E-state index in [9.17, 15) is 0 Å². The first-order chi connectivity index (χ1) is 13.3. The van der Waals surface area contributed by atoms with Gasteiger partial charge in [-0.3, -0.25) is 0 Å². The zero-order chi connectivity index (χ0) is 18.2. The van der Waals surface area contributed by atoms with E-state index in [2.05, 4.69) is 91.1 Å². The van der Waals surface area contributed by atoms with E-state index < -0.39 is 0 Å². The number of allylic oxidation sites excluding steroid dienone is 4. The second kappa shape index (κ2) is 6.59. The van der Waals surface area contributed by atoms with Gasteiger partial charge in [-0.1, -0.05) is 71.8 Å². The fourth-order valence-corrected chi connectivity index (χ4v) is 4.26. The Bertz CT molecular complexity index is 1070. The summed E-state index contributed by atoms with van der Waals surface area (Å²) in [6, 6.07) is 25.9. The van der Waals surface area contributed by atoms with Crippen LogP contribution in [0.25, 0.3) is 16.7 Å². The number of benzene rings is 3. The summed E-state index contributed by atoms with van der Waals surface area (Å²) in [5.41, 5.74) is 12.2. The maximum absolute atomic E-state index is 3.66. The summed E-state index contributed by atoms with van der Waals surface area (Å²) < 4.78 is 0. The third kappa shape index (κ3) is 3.00. The van der Waals surface area contributed by atoms with E-state index in [-0.39, 0.29) is 0 Å². The van der Waals surface area contributed by atoms with Crippen molar-refractivity contribution in [3.05, 3.63) is 101 Å². The standard InChI is InChI=1S/C26H23N/c1-18-11-12-20-16-21-13-14-22(17-25(21)24(20)15-18)27-26-10-6-5-9-23(26)19-7-3-2-4-8-19/h2-10,13-15,17,27H,11-12,16H2,1H3. The van der Waals surface area contributed by atoms with Gasteiger partial charge in [0.25, 0.3) is 0 Å². The van der Waals surface area contributed by atoms with Crippen LogP contribution < -0.4 is 5.32 Å². The molecule has 0 fully saturated rings. The van der Waals surface area contributed by atoms with Crippen LogP contribution in [0.15, 0.2) is 90.0 Å². The van der Waals surface area contributed by atoms with Gasteiger partial charge < -0.3 is 5.32 Å². The van der Waals surface area contributed by atoms with Crippen molar-refractivity contribution in [1.29, 1.82) is 0 Å². The van der Waals surface area contributed by atoms with Crippen LogP contribution in [-0.2, 0) is 6.42 Å². The Balaban J connectivity index is 1.51. The van der Waals surface area contributed by atoms with Gasteiger partial charge in [0.1, 0.15) is 0 Å². The van der Waals surface area contributed by atoms with Crippen LogP contribution in [-0.4, -0.2) is 0 Å². The van der Waals surface area contributed by atoms with E-state index in [0.717, 1.165) is 17.8 Å². The molecule has 0 bridgehead atoms. The Morgan fingerprint density at radius 2 is 1.59 bits per heavy atom. The topological polar surface area (TPSA) is 12.0 Å². The van der Waals surface area contributed by atoms with Gasteiger partial charge in [-0.25, -0.2) is 0 Å². The van der Waals surface area contributed by atoms with Crippen LogP contribution >= 0.6 is 0 Å². The molecule has 0 saturated heterocycles. The monoisotopic (exact) mass is 349 g/mol. The quantitative estimate of drug-likeness (QED) is 0.529. The molecule has 132 valence electrons. The molecule has 0 heterocycles. The van der Waals surface area contributed by atoms with E-state index in [1.54, 1.807) is 5.57 Å². The normalized spacial score (nSPS) is 15.2. The molecule has 0 radical (unpaired) electrons. The molecule has 0 amide bonds. The smallest absolute Gasteiger partial charge is 0.0463 e. The van der Waals surface area contributed by atoms with Gasteiger partial charge in [-0.15, -0.1) is 0 Å². The van der Waals surface area contributed by atoms with E-state index in [1.165, 1.54) is 46.2 Å². The minimum atomic E-state index is 1.12. The minimum absolute atomic E-state index is 1.12. The fourth-order valence-electron chi connectivity index (χ4n) is 4.26. The lowest BCUT2D eigenvalue weighted by molar-refractivity contribution is 0.889. The molecule has 0 unspecified atom stereocenters. The first-order valence-electron chi connectivity index (χ1n) is 9.72. The van der Waals surface area contributed by atoms with Crippen LogP contribution in [0.3, 0.4) is 0 Å². The zero-order valence-electron chi connectivity index (χ0n) is 15.6. The number of rotatable bonds is 3. The van der Waals surface area contributed by atoms with Crippen LogP contribution in [0, 0.1) is 0 Å². The van der Waals surface area contributed by atoms with Crippen molar-refractivity contribution in [3.8, 4) is 11.1 Å². The van der Waals surface area contributed by atoms with Gasteiger partial charge in [-0.05, 0) is 66.6 Å². The Morgan fingerprint density at radius 3 is 2.48 bits per heavy atom. The van der Waals surface area contributed by atoms with Crippen molar-refractivity contribution in [2.24, 2.45) is 0 Å². The predicted octanol–water partition coefficient (Wildman–Crippen LogP) is 7.15. The highest BCUT2D eigenvalue weighted by atomic mass is 14.9. The van der Waals surface area contributed by atoms with Crippen LogP contribution in [0.5, 0.6) is 0 Å². The molecule has 3 aromatic rings. The molecule has 1 nitrogen and oxygen atoms in total. The highest BCUT2D eigenvalue weighted by molar-refractivity contribution is 5.87. The maximum Gasteiger partial charge on any atom is 0.0463 e. The lowest BCUT2D eigenvalue weighted by atomic mass is 9.93. The Morgan fingerprint density at radius 1 is 0.778 bits per heavy atom. The number of anilines is 2. The number of hydrogen-bond acceptors (Lipinski definition) is 1. The maximum atomic E-state index is 3.66. The molecule has 0 atom stereocenters. The molecule has 3 aromatic carbocycles. The van der Waals surface area contributed by atoms with Gasteiger partial charge in [0.15, 0.2) is 0 Å². The fraction of sp³-hybridized carbons (Fsp3) is 0.154. The van der Waals surface area contributed by atoms with Crippen molar-refractivity contribution < 1.29 is 0 Å². The molecular formula is C26H23N. The SMILES string of the molecule is CC1=CC2=C(CC1)Cc1ccc(Nc3ccccc3-c3ccccc3)cc12. The molecule has 0 saturated carbocycles. The molecule has 2 aliphatic rings. The first-order valence-corrected chi connectivity index (χ1v) is 9.72. The zero-order valence-corrected chi connectivity index (χ0v) is 15.6. The average molecular weight is 349 g/mol. The highest BCUT2D eigenvalue weighted by Gasteiger charge is 2.23. The molecule has 1 N–H and O–H groups in total. The van der Waals surface area contributed by atoms with Gasteiger partial charge in [0, 0.05) is 16.9 Å². The third-order valence-electron chi connectivity index (χ3n) is 5.69. The van der Waals surface area contributed by atoms with Gasteiger partial charge >= 0.3 is 0 Å². The predicted molar refractivity (Wildman–Crippen MR) is 115 cm³/mol. The summed E-state index contributed by atoms with van der Waals surface area (Å²) in [5.74, 6) is 0. The van der Waals surface area contributed by atoms with Crippen LogP contribution in [0.2, 0.25) is 0 Å². The van der Waals surface area contributed by atoms with Crippen LogP contribution in [0.4, 0.5) is 11.4 Å². The second-order valence-corrected chi connectivity index (χ2v) is 7.59. The highest BCUT2D eigenvalue weighted by Crippen LogP contribution is 2.41.